The third-order valence-electron chi connectivity index (χ3n) is 2.00. The maximum atomic E-state index is 4.17. The van der Waals surface area contributed by atoms with Gasteiger partial charge in [-0.2, -0.15) is 11.8 Å². The molecule has 0 spiro atoms. The average Bonchev–Trinajstić information content (AvgIpc) is 2.48. The summed E-state index contributed by atoms with van der Waals surface area (Å²) in [6.45, 7) is 0. The number of hydrogen-bond donors (Lipinski definition) is 0. The predicted octanol–water partition coefficient (Wildman–Crippen LogP) is 2.88. The summed E-state index contributed by atoms with van der Waals surface area (Å²) >= 11 is 5.34. The molecule has 0 aliphatic carbocycles. The molecule has 0 aromatic carbocycles. The van der Waals surface area contributed by atoms with Gasteiger partial charge in [0.2, 0.25) is 0 Å². The van der Waals surface area contributed by atoms with Crippen LogP contribution in [0.15, 0.2) is 47.2 Å². The molecule has 0 saturated carbocycles. The summed E-state index contributed by atoms with van der Waals surface area (Å²) in [6.07, 6.45) is 7.11. The van der Waals surface area contributed by atoms with Gasteiger partial charge in [0.05, 0.1) is 0 Å². The molecule has 2 aromatic heterocycles. The first-order chi connectivity index (χ1) is 9.45. The van der Waals surface area contributed by atoms with Gasteiger partial charge in [-0.3, -0.25) is 0 Å². The summed E-state index contributed by atoms with van der Waals surface area (Å²) in [7, 11) is 0. The Balaban J connectivity index is 1.49. The molecule has 2 heterocycles. The third-order valence-corrected chi connectivity index (χ3v) is 5.26. The van der Waals surface area contributed by atoms with Crippen molar-refractivity contribution in [3.8, 4) is 0 Å². The minimum atomic E-state index is 0.857. The fourth-order valence-electron chi connectivity index (χ4n) is 1.21. The average molecular weight is 310 g/mol. The number of hydrogen-bond acceptors (Lipinski definition) is 7. The zero-order chi connectivity index (χ0) is 13.2. The van der Waals surface area contributed by atoms with Crippen molar-refractivity contribution in [2.45, 2.75) is 10.3 Å². The van der Waals surface area contributed by atoms with E-state index in [0.29, 0.717) is 0 Å². The van der Waals surface area contributed by atoms with Crippen molar-refractivity contribution in [1.82, 2.24) is 19.9 Å². The molecule has 100 valence electrons. The Hall–Kier alpha value is -0.790. The number of rotatable bonds is 8. The molecule has 0 saturated heterocycles. The first-order valence-electron chi connectivity index (χ1n) is 5.82. The standard InChI is InChI=1S/C12H14N4S3/c1-3-13-11(14-4-1)18-9-7-17-8-10-19-12-15-5-2-6-16-12/h1-6H,7-10H2. The van der Waals surface area contributed by atoms with E-state index in [1.165, 1.54) is 0 Å². The van der Waals surface area contributed by atoms with Gasteiger partial charge in [0.25, 0.3) is 0 Å². The second kappa shape index (κ2) is 9.17. The van der Waals surface area contributed by atoms with Crippen LogP contribution in [0.3, 0.4) is 0 Å². The van der Waals surface area contributed by atoms with Gasteiger partial charge >= 0.3 is 0 Å². The fourth-order valence-corrected chi connectivity index (χ4v) is 3.93. The lowest BCUT2D eigenvalue weighted by Crippen LogP contribution is -1.92. The highest BCUT2D eigenvalue weighted by Gasteiger charge is 1.98. The Morgan fingerprint density at radius 1 is 0.632 bits per heavy atom. The first kappa shape index (κ1) is 14.6. The van der Waals surface area contributed by atoms with Crippen LogP contribution in [0.5, 0.6) is 0 Å². The summed E-state index contributed by atoms with van der Waals surface area (Å²) < 4.78 is 0. The molecule has 0 radical (unpaired) electrons. The van der Waals surface area contributed by atoms with E-state index in [1.807, 2.05) is 23.9 Å². The van der Waals surface area contributed by atoms with Crippen LogP contribution in [0.1, 0.15) is 0 Å². The lowest BCUT2D eigenvalue weighted by atomic mass is 10.7. The molecular weight excluding hydrogens is 296 g/mol. The van der Waals surface area contributed by atoms with Gasteiger partial charge in [-0.1, -0.05) is 23.5 Å². The highest BCUT2D eigenvalue weighted by Crippen LogP contribution is 2.16. The highest BCUT2D eigenvalue weighted by molar-refractivity contribution is 8.04. The van der Waals surface area contributed by atoms with Crippen LogP contribution in [0.4, 0.5) is 0 Å². The van der Waals surface area contributed by atoms with E-state index in [9.17, 15) is 0 Å². The minimum Gasteiger partial charge on any atom is -0.231 e. The van der Waals surface area contributed by atoms with Gasteiger partial charge < -0.3 is 0 Å². The molecule has 0 fully saturated rings. The Morgan fingerprint density at radius 3 is 1.47 bits per heavy atom. The molecular formula is C12H14N4S3. The summed E-state index contributed by atoms with van der Waals surface area (Å²) in [5.41, 5.74) is 0. The van der Waals surface area contributed by atoms with Crippen molar-refractivity contribution in [1.29, 1.82) is 0 Å². The molecule has 19 heavy (non-hydrogen) atoms. The van der Waals surface area contributed by atoms with E-state index in [0.717, 1.165) is 33.3 Å². The SMILES string of the molecule is c1cnc(SCCSCCSc2ncccn2)nc1. The monoisotopic (exact) mass is 310 g/mol. The normalized spacial score (nSPS) is 10.5. The molecule has 7 heteroatoms. The molecule has 0 unspecified atom stereocenters. The van der Waals surface area contributed by atoms with E-state index in [1.54, 1.807) is 48.3 Å². The highest BCUT2D eigenvalue weighted by atomic mass is 32.2. The minimum absolute atomic E-state index is 0.857. The lowest BCUT2D eigenvalue weighted by Gasteiger charge is -2.01. The molecule has 0 aliphatic rings. The summed E-state index contributed by atoms with van der Waals surface area (Å²) in [4.78, 5) is 16.7. The van der Waals surface area contributed by atoms with Gasteiger partial charge in [0.15, 0.2) is 10.3 Å². The van der Waals surface area contributed by atoms with Gasteiger partial charge in [-0.15, -0.1) is 0 Å². The van der Waals surface area contributed by atoms with Crippen LogP contribution in [0.25, 0.3) is 0 Å². The molecule has 0 amide bonds. The van der Waals surface area contributed by atoms with Gasteiger partial charge in [-0.25, -0.2) is 19.9 Å². The summed E-state index contributed by atoms with van der Waals surface area (Å²) in [6, 6.07) is 3.67. The quantitative estimate of drug-likeness (QED) is 0.422. The molecule has 2 aromatic rings. The van der Waals surface area contributed by atoms with Crippen LogP contribution in [0, 0.1) is 0 Å². The third kappa shape index (κ3) is 6.26. The van der Waals surface area contributed by atoms with Crippen molar-refractivity contribution in [2.75, 3.05) is 23.0 Å². The van der Waals surface area contributed by atoms with Crippen LogP contribution < -0.4 is 0 Å². The van der Waals surface area contributed by atoms with E-state index < -0.39 is 0 Å². The Kier molecular flexibility index (Phi) is 7.05. The van der Waals surface area contributed by atoms with Gasteiger partial charge in [0, 0.05) is 47.8 Å². The summed E-state index contributed by atoms with van der Waals surface area (Å²) in [5.74, 6) is 4.31. The van der Waals surface area contributed by atoms with Crippen molar-refractivity contribution < 1.29 is 0 Å². The molecule has 0 bridgehead atoms. The van der Waals surface area contributed by atoms with Gasteiger partial charge in [-0.05, 0) is 12.1 Å². The van der Waals surface area contributed by atoms with Crippen LogP contribution in [-0.2, 0) is 0 Å². The Morgan fingerprint density at radius 2 is 1.05 bits per heavy atom. The van der Waals surface area contributed by atoms with E-state index >= 15 is 0 Å². The molecule has 0 aliphatic heterocycles. The Bertz CT molecular complexity index is 412. The van der Waals surface area contributed by atoms with E-state index in [4.69, 9.17) is 0 Å². The van der Waals surface area contributed by atoms with Crippen LogP contribution >= 0.6 is 35.3 Å². The molecule has 2 rings (SSSR count). The van der Waals surface area contributed by atoms with E-state index in [2.05, 4.69) is 19.9 Å². The zero-order valence-corrected chi connectivity index (χ0v) is 12.8. The fraction of sp³-hybridized carbons (Fsp3) is 0.333. The van der Waals surface area contributed by atoms with Crippen molar-refractivity contribution in [3.05, 3.63) is 36.9 Å². The number of aromatic nitrogens is 4. The maximum absolute atomic E-state index is 4.17. The van der Waals surface area contributed by atoms with Crippen molar-refractivity contribution in [3.63, 3.8) is 0 Å². The Labute approximate surface area is 125 Å². The number of thioether (sulfide) groups is 3. The largest absolute Gasteiger partial charge is 0.231 e. The van der Waals surface area contributed by atoms with Crippen molar-refractivity contribution in [2.24, 2.45) is 0 Å². The second-order valence-corrected chi connectivity index (χ2v) is 6.72. The predicted molar refractivity (Wildman–Crippen MR) is 82.8 cm³/mol. The van der Waals surface area contributed by atoms with Crippen LogP contribution in [-0.4, -0.2) is 42.9 Å². The van der Waals surface area contributed by atoms with Gasteiger partial charge in [0.1, 0.15) is 0 Å². The summed E-state index contributed by atoms with van der Waals surface area (Å²) in [5, 5.41) is 1.71. The van der Waals surface area contributed by atoms with Crippen molar-refractivity contribution >= 4 is 35.3 Å². The second-order valence-electron chi connectivity index (χ2n) is 3.37. The topological polar surface area (TPSA) is 51.6 Å². The zero-order valence-electron chi connectivity index (χ0n) is 10.3. The first-order valence-corrected chi connectivity index (χ1v) is 8.95. The molecule has 4 nitrogen and oxygen atoms in total. The van der Waals surface area contributed by atoms with E-state index in [-0.39, 0.29) is 0 Å². The molecule has 0 N–H and O–H groups in total. The number of nitrogens with zero attached hydrogens (tertiary/aromatic N) is 4. The maximum Gasteiger partial charge on any atom is 0.187 e. The molecule has 0 atom stereocenters. The lowest BCUT2D eigenvalue weighted by molar-refractivity contribution is 0.967. The smallest absolute Gasteiger partial charge is 0.187 e. The van der Waals surface area contributed by atoms with Crippen LogP contribution in [0.2, 0.25) is 0 Å².